The van der Waals surface area contributed by atoms with E-state index in [1.165, 1.54) is 0 Å². The largest absolute Gasteiger partial charge is 0.351 e. The summed E-state index contributed by atoms with van der Waals surface area (Å²) in [6.45, 7) is 2.84. The molecule has 1 aromatic heterocycles. The molecule has 2 aliphatic rings. The molecule has 114 valence electrons. The summed E-state index contributed by atoms with van der Waals surface area (Å²) in [5, 5.41) is 7.07. The number of nitrogens with one attached hydrogen (secondary N) is 1. The maximum Gasteiger partial charge on any atom is 0.225 e. The van der Waals surface area contributed by atoms with Gasteiger partial charge in [-0.2, -0.15) is 5.10 Å². The molecule has 3 atom stereocenters. The van der Waals surface area contributed by atoms with E-state index in [4.69, 9.17) is 0 Å². The molecule has 0 unspecified atom stereocenters. The zero-order valence-electron chi connectivity index (χ0n) is 12.6. The van der Waals surface area contributed by atoms with Crippen LogP contribution >= 0.6 is 0 Å². The third kappa shape index (κ3) is 3.25. The molecule has 1 N–H and O–H groups in total. The van der Waals surface area contributed by atoms with Gasteiger partial charge in [-0.15, -0.1) is 0 Å². The van der Waals surface area contributed by atoms with E-state index in [1.807, 2.05) is 18.1 Å². The Labute approximate surface area is 124 Å². The molecular weight excluding hydrogens is 268 g/mol. The smallest absolute Gasteiger partial charge is 0.225 e. The van der Waals surface area contributed by atoms with Crippen molar-refractivity contribution < 1.29 is 9.59 Å². The third-order valence-electron chi connectivity index (χ3n) is 4.39. The molecule has 1 saturated heterocycles. The van der Waals surface area contributed by atoms with Crippen LogP contribution in [0.5, 0.6) is 0 Å². The van der Waals surface area contributed by atoms with Crippen molar-refractivity contribution in [2.24, 2.45) is 13.0 Å². The molecule has 1 aromatic rings. The van der Waals surface area contributed by atoms with Gasteiger partial charge in [-0.3, -0.25) is 14.3 Å². The Morgan fingerprint density at radius 2 is 2.29 bits per heavy atom. The molecule has 6 heteroatoms. The van der Waals surface area contributed by atoms with Gasteiger partial charge in [-0.1, -0.05) is 6.92 Å². The fourth-order valence-electron chi connectivity index (χ4n) is 3.04. The first-order chi connectivity index (χ1) is 10.0. The van der Waals surface area contributed by atoms with E-state index in [-0.39, 0.29) is 17.9 Å². The van der Waals surface area contributed by atoms with Crippen LogP contribution < -0.4 is 5.32 Å². The van der Waals surface area contributed by atoms with Gasteiger partial charge >= 0.3 is 0 Å². The van der Waals surface area contributed by atoms with Gasteiger partial charge in [-0.25, -0.2) is 0 Å². The van der Waals surface area contributed by atoms with E-state index in [2.05, 4.69) is 17.3 Å². The van der Waals surface area contributed by atoms with Crippen molar-refractivity contribution in [2.75, 3.05) is 6.54 Å². The summed E-state index contributed by atoms with van der Waals surface area (Å²) < 4.78 is 1.73. The average Bonchev–Trinajstić information content (AvgIpc) is 2.82. The Hall–Kier alpha value is -1.85. The number of amides is 2. The molecule has 2 heterocycles. The summed E-state index contributed by atoms with van der Waals surface area (Å²) in [6, 6.07) is 0.390. The summed E-state index contributed by atoms with van der Waals surface area (Å²) >= 11 is 0. The highest BCUT2D eigenvalue weighted by atomic mass is 16.2. The number of hydrogen-bond donors (Lipinski definition) is 1. The second-order valence-electron chi connectivity index (χ2n) is 6.32. The Morgan fingerprint density at radius 3 is 2.90 bits per heavy atom. The lowest BCUT2D eigenvalue weighted by molar-refractivity contribution is -0.128. The Bertz CT molecular complexity index is 554. The number of nitrogens with zero attached hydrogens (tertiary/aromatic N) is 3. The normalized spacial score (nSPS) is 28.0. The van der Waals surface area contributed by atoms with Gasteiger partial charge in [0, 0.05) is 38.7 Å². The van der Waals surface area contributed by atoms with Crippen molar-refractivity contribution in [3.8, 4) is 0 Å². The van der Waals surface area contributed by atoms with Crippen molar-refractivity contribution in [3.63, 3.8) is 0 Å². The SMILES string of the molecule is C[C@@H]1C[C@@H]1N1C[C@@H](NC(=O)CCc2cnn(C)c2)CC1=O. The highest BCUT2D eigenvalue weighted by Crippen LogP contribution is 2.37. The zero-order valence-corrected chi connectivity index (χ0v) is 12.6. The Kier molecular flexibility index (Phi) is 3.69. The molecular formula is C15H22N4O2. The molecule has 2 amide bonds. The molecule has 0 bridgehead atoms. The minimum atomic E-state index is -0.0216. The van der Waals surface area contributed by atoms with E-state index in [0.29, 0.717) is 37.8 Å². The molecule has 1 saturated carbocycles. The van der Waals surface area contributed by atoms with Crippen molar-refractivity contribution in [2.45, 2.75) is 44.7 Å². The predicted octanol–water partition coefficient (Wildman–Crippen LogP) is 0.478. The molecule has 0 radical (unpaired) electrons. The highest BCUT2D eigenvalue weighted by molar-refractivity contribution is 5.82. The second kappa shape index (κ2) is 5.50. The third-order valence-corrected chi connectivity index (χ3v) is 4.39. The van der Waals surface area contributed by atoms with Crippen molar-refractivity contribution in [1.29, 1.82) is 0 Å². The van der Waals surface area contributed by atoms with Crippen LogP contribution in [0.1, 0.15) is 31.7 Å². The zero-order chi connectivity index (χ0) is 15.0. The summed E-state index contributed by atoms with van der Waals surface area (Å²) in [5.74, 6) is 0.818. The van der Waals surface area contributed by atoms with Gasteiger partial charge in [0.2, 0.25) is 11.8 Å². The molecule has 0 spiro atoms. The lowest BCUT2D eigenvalue weighted by atomic mass is 10.2. The van der Waals surface area contributed by atoms with Crippen LogP contribution in [-0.4, -0.2) is 45.1 Å². The number of aromatic nitrogens is 2. The number of carbonyl (C=O) groups excluding carboxylic acids is 2. The topological polar surface area (TPSA) is 67.2 Å². The highest BCUT2D eigenvalue weighted by Gasteiger charge is 2.44. The van der Waals surface area contributed by atoms with Crippen molar-refractivity contribution in [3.05, 3.63) is 18.0 Å². The monoisotopic (exact) mass is 290 g/mol. The maximum atomic E-state index is 12.0. The number of aryl methyl sites for hydroxylation is 2. The molecule has 3 rings (SSSR count). The van der Waals surface area contributed by atoms with Gasteiger partial charge in [0.25, 0.3) is 0 Å². The van der Waals surface area contributed by atoms with Crippen LogP contribution in [0.2, 0.25) is 0 Å². The standard InChI is InChI=1S/C15H22N4O2/c1-10-5-13(10)19-9-12(6-15(19)21)17-14(20)4-3-11-7-16-18(2)8-11/h7-8,10,12-13H,3-6,9H2,1-2H3,(H,17,20)/t10-,12+,13+/m1/s1. The summed E-state index contributed by atoms with van der Waals surface area (Å²) in [4.78, 5) is 25.9. The number of hydrogen-bond acceptors (Lipinski definition) is 3. The lowest BCUT2D eigenvalue weighted by Gasteiger charge is -2.16. The van der Waals surface area contributed by atoms with E-state index < -0.39 is 0 Å². The van der Waals surface area contributed by atoms with Crippen molar-refractivity contribution in [1.82, 2.24) is 20.0 Å². The van der Waals surface area contributed by atoms with Crippen LogP contribution in [0, 0.1) is 5.92 Å². The van der Waals surface area contributed by atoms with Gasteiger partial charge < -0.3 is 10.2 Å². The van der Waals surface area contributed by atoms with Crippen LogP contribution in [0.25, 0.3) is 0 Å². The number of carbonyl (C=O) groups is 2. The van der Waals surface area contributed by atoms with Gasteiger partial charge in [0.15, 0.2) is 0 Å². The second-order valence-corrected chi connectivity index (χ2v) is 6.32. The van der Waals surface area contributed by atoms with Gasteiger partial charge in [-0.05, 0) is 24.3 Å². The molecule has 1 aliphatic heterocycles. The average molecular weight is 290 g/mol. The number of likely N-dealkylation sites (tertiary alicyclic amines) is 1. The quantitative estimate of drug-likeness (QED) is 0.857. The van der Waals surface area contributed by atoms with Crippen LogP contribution in [-0.2, 0) is 23.1 Å². The molecule has 1 aliphatic carbocycles. The fourth-order valence-corrected chi connectivity index (χ4v) is 3.04. The van der Waals surface area contributed by atoms with E-state index in [9.17, 15) is 9.59 Å². The summed E-state index contributed by atoms with van der Waals surface area (Å²) in [5.41, 5.74) is 1.06. The molecule has 21 heavy (non-hydrogen) atoms. The first-order valence-corrected chi connectivity index (χ1v) is 7.59. The van der Waals surface area contributed by atoms with Crippen LogP contribution in [0.4, 0.5) is 0 Å². The van der Waals surface area contributed by atoms with E-state index in [0.717, 1.165) is 12.0 Å². The van der Waals surface area contributed by atoms with Crippen LogP contribution in [0.15, 0.2) is 12.4 Å². The van der Waals surface area contributed by atoms with E-state index >= 15 is 0 Å². The van der Waals surface area contributed by atoms with E-state index in [1.54, 1.807) is 10.9 Å². The first-order valence-electron chi connectivity index (χ1n) is 7.59. The Morgan fingerprint density at radius 1 is 1.52 bits per heavy atom. The predicted molar refractivity (Wildman–Crippen MR) is 77.4 cm³/mol. The molecule has 6 nitrogen and oxygen atoms in total. The van der Waals surface area contributed by atoms with Crippen LogP contribution in [0.3, 0.4) is 0 Å². The molecule has 0 aromatic carbocycles. The van der Waals surface area contributed by atoms with Gasteiger partial charge in [0.1, 0.15) is 0 Å². The Balaban J connectivity index is 1.44. The first kappa shape index (κ1) is 14.1. The minimum Gasteiger partial charge on any atom is -0.351 e. The summed E-state index contributed by atoms with van der Waals surface area (Å²) in [7, 11) is 1.86. The maximum absolute atomic E-state index is 12.0. The summed E-state index contributed by atoms with van der Waals surface area (Å²) in [6.07, 6.45) is 6.38. The minimum absolute atomic E-state index is 0.0161. The fraction of sp³-hybridized carbons (Fsp3) is 0.667. The van der Waals surface area contributed by atoms with Crippen molar-refractivity contribution >= 4 is 11.8 Å². The van der Waals surface area contributed by atoms with Gasteiger partial charge in [0.05, 0.1) is 12.2 Å². The lowest BCUT2D eigenvalue weighted by Crippen LogP contribution is -2.37. The molecule has 2 fully saturated rings. The number of rotatable bonds is 5.